The number of anilines is 1. The molecule has 242 valence electrons. The van der Waals surface area contributed by atoms with Gasteiger partial charge in [0.2, 0.25) is 0 Å². The zero-order valence-corrected chi connectivity index (χ0v) is 26.7. The van der Waals surface area contributed by atoms with Gasteiger partial charge < -0.3 is 19.7 Å². The Bertz CT molecular complexity index is 1670. The highest BCUT2D eigenvalue weighted by Gasteiger charge is 2.31. The third-order valence-electron chi connectivity index (χ3n) is 7.58. The van der Waals surface area contributed by atoms with Gasteiger partial charge in [-0.25, -0.2) is 14.5 Å². The molecule has 1 aliphatic heterocycles. The second-order valence-electron chi connectivity index (χ2n) is 10.9. The summed E-state index contributed by atoms with van der Waals surface area (Å²) in [6.07, 6.45) is -2.45. The van der Waals surface area contributed by atoms with Crippen LogP contribution in [0.4, 0.5) is 23.7 Å². The number of halogens is 3. The van der Waals surface area contributed by atoms with E-state index >= 15 is 0 Å². The molecule has 9 nitrogen and oxygen atoms in total. The summed E-state index contributed by atoms with van der Waals surface area (Å²) in [6, 6.07) is 18.8. The SMILES string of the molecule is CCC(CNC(=O)/N=C1\SCCN1c1cc(OC)ccc1C(C)C)c1ccc(-c2ncn(-c3ccc(OC(F)(F)F)cc3)n2)cc1. The van der Waals surface area contributed by atoms with Gasteiger partial charge in [-0.3, -0.25) is 0 Å². The van der Waals surface area contributed by atoms with Crippen LogP contribution in [0.25, 0.3) is 17.1 Å². The minimum absolute atomic E-state index is 0.0689. The van der Waals surface area contributed by atoms with E-state index in [1.54, 1.807) is 18.9 Å². The molecule has 1 unspecified atom stereocenters. The molecule has 0 aliphatic carbocycles. The summed E-state index contributed by atoms with van der Waals surface area (Å²) < 4.78 is 48.2. The predicted octanol–water partition coefficient (Wildman–Crippen LogP) is 7.78. The van der Waals surface area contributed by atoms with Crippen LogP contribution in [0, 0.1) is 0 Å². The fourth-order valence-electron chi connectivity index (χ4n) is 5.15. The van der Waals surface area contributed by atoms with E-state index in [0.29, 0.717) is 29.1 Å². The van der Waals surface area contributed by atoms with Crippen LogP contribution in [-0.4, -0.2) is 58.3 Å². The molecule has 0 spiro atoms. The number of nitrogens with zero attached hydrogens (tertiary/aromatic N) is 5. The van der Waals surface area contributed by atoms with E-state index in [4.69, 9.17) is 4.74 Å². The van der Waals surface area contributed by atoms with E-state index in [0.717, 1.165) is 41.3 Å². The smallest absolute Gasteiger partial charge is 0.497 e. The molecule has 2 amide bonds. The molecule has 2 heterocycles. The Hall–Kier alpha value is -4.52. The Morgan fingerprint density at radius 3 is 2.43 bits per heavy atom. The van der Waals surface area contributed by atoms with Gasteiger partial charge in [0, 0.05) is 42.1 Å². The monoisotopic (exact) mass is 652 g/mol. The maximum Gasteiger partial charge on any atom is 0.573 e. The molecular formula is C33H35F3N6O3S. The molecule has 1 aliphatic rings. The zero-order chi connectivity index (χ0) is 32.8. The maximum absolute atomic E-state index is 13.0. The van der Waals surface area contributed by atoms with Crippen molar-refractivity contribution in [3.05, 3.63) is 84.2 Å². The van der Waals surface area contributed by atoms with E-state index in [9.17, 15) is 18.0 Å². The van der Waals surface area contributed by atoms with Gasteiger partial charge in [0.1, 0.15) is 17.8 Å². The topological polar surface area (TPSA) is 93.9 Å². The van der Waals surface area contributed by atoms with Crippen LogP contribution in [0.15, 0.2) is 78.0 Å². The van der Waals surface area contributed by atoms with Crippen LogP contribution in [-0.2, 0) is 0 Å². The number of hydrogen-bond acceptors (Lipinski definition) is 6. The summed E-state index contributed by atoms with van der Waals surface area (Å²) in [7, 11) is 1.64. The van der Waals surface area contributed by atoms with E-state index in [-0.39, 0.29) is 17.7 Å². The van der Waals surface area contributed by atoms with Crippen molar-refractivity contribution in [3.63, 3.8) is 0 Å². The van der Waals surface area contributed by atoms with Gasteiger partial charge in [-0.2, -0.15) is 4.99 Å². The normalized spacial score (nSPS) is 15.0. The molecule has 0 radical (unpaired) electrons. The number of amidine groups is 1. The van der Waals surface area contributed by atoms with Crippen molar-refractivity contribution in [2.75, 3.05) is 30.9 Å². The molecule has 46 heavy (non-hydrogen) atoms. The quantitative estimate of drug-likeness (QED) is 0.187. The fraction of sp³-hybridized carbons (Fsp3) is 0.333. The van der Waals surface area contributed by atoms with Crippen molar-refractivity contribution in [1.82, 2.24) is 20.1 Å². The lowest BCUT2D eigenvalue weighted by Gasteiger charge is -2.24. The summed E-state index contributed by atoms with van der Waals surface area (Å²) in [6.45, 7) is 7.52. The van der Waals surface area contributed by atoms with E-state index in [1.165, 1.54) is 40.8 Å². The molecule has 1 N–H and O–H groups in total. The number of carbonyl (C=O) groups excluding carboxylic acids is 1. The largest absolute Gasteiger partial charge is 0.573 e. The molecular weight excluding hydrogens is 617 g/mol. The third kappa shape index (κ3) is 8.00. The lowest BCUT2D eigenvalue weighted by atomic mass is 9.95. The highest BCUT2D eigenvalue weighted by molar-refractivity contribution is 8.14. The summed E-state index contributed by atoms with van der Waals surface area (Å²) in [5.74, 6) is 2.12. The Kier molecular flexibility index (Phi) is 10.2. The van der Waals surface area contributed by atoms with Crippen LogP contribution < -0.4 is 19.7 Å². The van der Waals surface area contributed by atoms with Gasteiger partial charge >= 0.3 is 12.4 Å². The molecule has 5 rings (SSSR count). The number of urea groups is 1. The van der Waals surface area contributed by atoms with Crippen LogP contribution in [0.1, 0.15) is 50.2 Å². The maximum atomic E-state index is 13.0. The van der Waals surface area contributed by atoms with Crippen molar-refractivity contribution in [2.45, 2.75) is 45.4 Å². The molecule has 1 fully saturated rings. The highest BCUT2D eigenvalue weighted by Crippen LogP contribution is 2.35. The second-order valence-corrected chi connectivity index (χ2v) is 12.0. The molecule has 3 aromatic carbocycles. The predicted molar refractivity (Wildman–Crippen MR) is 174 cm³/mol. The van der Waals surface area contributed by atoms with E-state index in [1.807, 2.05) is 36.4 Å². The number of thioether (sulfide) groups is 1. The number of benzene rings is 3. The molecule has 1 saturated heterocycles. The fourth-order valence-corrected chi connectivity index (χ4v) is 6.10. The van der Waals surface area contributed by atoms with Gasteiger partial charge in [-0.15, -0.1) is 18.3 Å². The van der Waals surface area contributed by atoms with Crippen LogP contribution in [0.3, 0.4) is 0 Å². The number of alkyl halides is 3. The van der Waals surface area contributed by atoms with Crippen LogP contribution in [0.5, 0.6) is 11.5 Å². The Balaban J connectivity index is 1.22. The van der Waals surface area contributed by atoms with E-state index < -0.39 is 6.36 Å². The molecule has 0 saturated carbocycles. The number of hydrogen-bond donors (Lipinski definition) is 1. The van der Waals surface area contributed by atoms with Gasteiger partial charge in [0.05, 0.1) is 12.8 Å². The number of ether oxygens (including phenoxy) is 2. The average Bonchev–Trinajstić information content (AvgIpc) is 3.71. The summed E-state index contributed by atoms with van der Waals surface area (Å²) in [5, 5.41) is 8.12. The van der Waals surface area contributed by atoms with Crippen molar-refractivity contribution in [2.24, 2.45) is 4.99 Å². The number of carbonyl (C=O) groups is 1. The summed E-state index contributed by atoms with van der Waals surface area (Å²) in [5.41, 5.74) is 4.54. The first-order valence-electron chi connectivity index (χ1n) is 14.9. The van der Waals surface area contributed by atoms with Gasteiger partial charge in [-0.05, 0) is 53.8 Å². The minimum atomic E-state index is -4.75. The lowest BCUT2D eigenvalue weighted by molar-refractivity contribution is -0.274. The molecule has 1 aromatic heterocycles. The number of aromatic nitrogens is 3. The highest BCUT2D eigenvalue weighted by atomic mass is 32.2. The molecule has 4 aromatic rings. The van der Waals surface area contributed by atoms with Crippen molar-refractivity contribution in [1.29, 1.82) is 0 Å². The van der Waals surface area contributed by atoms with Gasteiger partial charge in [0.25, 0.3) is 0 Å². The Labute approximate surface area is 269 Å². The van der Waals surface area contributed by atoms with Crippen molar-refractivity contribution >= 4 is 28.6 Å². The van der Waals surface area contributed by atoms with Crippen molar-refractivity contribution < 1.29 is 27.4 Å². The van der Waals surface area contributed by atoms with Crippen molar-refractivity contribution in [3.8, 4) is 28.6 Å². The number of methoxy groups -OCH3 is 1. The Morgan fingerprint density at radius 2 is 1.78 bits per heavy atom. The number of amides is 2. The Morgan fingerprint density at radius 1 is 1.07 bits per heavy atom. The second kappa shape index (κ2) is 14.3. The van der Waals surface area contributed by atoms with E-state index in [2.05, 4.69) is 56.9 Å². The molecule has 1 atom stereocenters. The number of rotatable bonds is 10. The minimum Gasteiger partial charge on any atom is -0.497 e. The van der Waals surface area contributed by atoms with Gasteiger partial charge in [0.15, 0.2) is 11.0 Å². The molecule has 0 bridgehead atoms. The first-order chi connectivity index (χ1) is 22.0. The van der Waals surface area contributed by atoms with Gasteiger partial charge in [-0.1, -0.05) is 62.9 Å². The van der Waals surface area contributed by atoms with Crippen LogP contribution >= 0.6 is 11.8 Å². The summed E-state index contributed by atoms with van der Waals surface area (Å²) >= 11 is 1.56. The number of aliphatic imine (C=N–C) groups is 1. The zero-order valence-electron chi connectivity index (χ0n) is 25.9. The standard InChI is InChI=1S/C33H35F3N6O3S/c1-5-22(19-37-31(43)39-32-41(16-17-46-32)29-18-27(44-4)14-15-28(29)21(2)3)23-6-8-24(9-7-23)30-38-20-42(40-30)25-10-12-26(13-11-25)45-33(34,35)36/h6-15,18,20-22H,5,16-17,19H2,1-4H3,(H,37,43)/b39-32-. The average molecular weight is 653 g/mol. The number of nitrogens with one attached hydrogen (secondary N) is 1. The first-order valence-corrected chi connectivity index (χ1v) is 15.9. The van der Waals surface area contributed by atoms with Crippen LogP contribution in [0.2, 0.25) is 0 Å². The summed E-state index contributed by atoms with van der Waals surface area (Å²) in [4.78, 5) is 23.8. The molecule has 13 heteroatoms. The third-order valence-corrected chi connectivity index (χ3v) is 8.54. The first kappa shape index (κ1) is 32.9. The lowest BCUT2D eigenvalue weighted by Crippen LogP contribution is -2.30.